The number of halogens is 2. The van der Waals surface area contributed by atoms with E-state index >= 15 is 0 Å². The molecule has 1 aromatic carbocycles. The Morgan fingerprint density at radius 1 is 1.31 bits per heavy atom. The average molecular weight is 236 g/mol. The summed E-state index contributed by atoms with van der Waals surface area (Å²) in [5, 5.41) is 1.04. The van der Waals surface area contributed by atoms with Crippen LogP contribution in [-0.4, -0.2) is 10.8 Å². The third-order valence-electron chi connectivity index (χ3n) is 2.84. The molecular formula is C12H7ClFNO. The molecule has 1 aromatic heterocycles. The van der Waals surface area contributed by atoms with Gasteiger partial charge >= 0.3 is 0 Å². The van der Waals surface area contributed by atoms with Crippen LogP contribution in [0.5, 0.6) is 0 Å². The number of rotatable bonds is 0. The van der Waals surface area contributed by atoms with Gasteiger partial charge in [0.15, 0.2) is 5.78 Å². The van der Waals surface area contributed by atoms with E-state index in [2.05, 4.69) is 4.98 Å². The highest BCUT2D eigenvalue weighted by molar-refractivity contribution is 6.36. The van der Waals surface area contributed by atoms with E-state index < -0.39 is 0 Å². The summed E-state index contributed by atoms with van der Waals surface area (Å²) in [4.78, 5) is 15.8. The van der Waals surface area contributed by atoms with E-state index in [1.54, 1.807) is 6.07 Å². The molecule has 1 heterocycles. The van der Waals surface area contributed by atoms with Crippen LogP contribution in [0.3, 0.4) is 0 Å². The summed E-state index contributed by atoms with van der Waals surface area (Å²) < 4.78 is 13.1. The number of ketones is 1. The third kappa shape index (κ3) is 1.25. The maximum atomic E-state index is 13.1. The molecule has 4 heteroatoms. The minimum atomic E-state index is -0.347. The van der Waals surface area contributed by atoms with Crippen LogP contribution < -0.4 is 0 Å². The van der Waals surface area contributed by atoms with E-state index in [1.165, 1.54) is 12.1 Å². The summed E-state index contributed by atoms with van der Waals surface area (Å²) in [6, 6.07) is 4.22. The van der Waals surface area contributed by atoms with Gasteiger partial charge in [-0.25, -0.2) is 9.37 Å². The monoisotopic (exact) mass is 235 g/mol. The Morgan fingerprint density at radius 2 is 2.12 bits per heavy atom. The molecule has 0 spiro atoms. The number of carbonyl (C=O) groups excluding carboxylic acids is 1. The lowest BCUT2D eigenvalue weighted by Gasteiger charge is -2.05. The summed E-state index contributed by atoms with van der Waals surface area (Å²) in [7, 11) is 0. The van der Waals surface area contributed by atoms with Crippen molar-refractivity contribution in [3.8, 4) is 0 Å². The van der Waals surface area contributed by atoms with E-state index in [4.69, 9.17) is 11.6 Å². The second-order valence-corrected chi connectivity index (χ2v) is 4.22. The molecule has 0 saturated heterocycles. The summed E-state index contributed by atoms with van der Waals surface area (Å²) in [5.41, 5.74) is 1.77. The Balaban J connectivity index is 2.43. The zero-order valence-electron chi connectivity index (χ0n) is 8.26. The fourth-order valence-corrected chi connectivity index (χ4v) is 2.39. The summed E-state index contributed by atoms with van der Waals surface area (Å²) in [6.07, 6.45) is 1.05. The summed E-state index contributed by atoms with van der Waals surface area (Å²) in [5.74, 6) is -0.330. The number of hydrogen-bond donors (Lipinski definition) is 0. The molecule has 0 saturated carbocycles. The first kappa shape index (κ1) is 9.73. The quantitative estimate of drug-likeness (QED) is 0.702. The minimum Gasteiger partial charge on any atom is -0.292 e. The van der Waals surface area contributed by atoms with Gasteiger partial charge in [0.05, 0.1) is 10.5 Å². The number of aromatic nitrogens is 1. The van der Waals surface area contributed by atoms with E-state index in [1.807, 2.05) is 0 Å². The first-order valence-electron chi connectivity index (χ1n) is 4.97. The predicted octanol–water partition coefficient (Wildman–Crippen LogP) is 3.16. The number of pyridine rings is 1. The maximum Gasteiger partial charge on any atom is 0.181 e. The molecule has 0 N–H and O–H groups in total. The summed E-state index contributed by atoms with van der Waals surface area (Å²) in [6.45, 7) is 0. The second-order valence-electron chi connectivity index (χ2n) is 3.84. The number of carbonyl (C=O) groups is 1. The van der Waals surface area contributed by atoms with Gasteiger partial charge < -0.3 is 0 Å². The van der Waals surface area contributed by atoms with E-state index in [0.29, 0.717) is 34.5 Å². The lowest BCUT2D eigenvalue weighted by Crippen LogP contribution is -1.97. The Kier molecular flexibility index (Phi) is 1.98. The molecule has 0 radical (unpaired) electrons. The molecular weight excluding hydrogens is 229 g/mol. The van der Waals surface area contributed by atoms with Crippen LogP contribution in [0, 0.1) is 5.82 Å². The molecule has 0 amide bonds. The third-order valence-corrected chi connectivity index (χ3v) is 3.28. The van der Waals surface area contributed by atoms with Gasteiger partial charge in [-0.2, -0.15) is 0 Å². The van der Waals surface area contributed by atoms with Gasteiger partial charge in [0, 0.05) is 17.4 Å². The predicted molar refractivity (Wildman–Crippen MR) is 59.4 cm³/mol. The molecule has 1 aliphatic rings. The standard InChI is InChI=1S/C12H7ClFNO/c13-11-7-2-4-10(16)12(7)15-9-3-1-6(14)5-8(9)11/h1,3,5H,2,4H2. The molecule has 0 atom stereocenters. The first-order chi connectivity index (χ1) is 7.66. The zero-order valence-corrected chi connectivity index (χ0v) is 9.01. The molecule has 0 bridgehead atoms. The molecule has 1 aliphatic carbocycles. The fraction of sp³-hybridized carbons (Fsp3) is 0.167. The van der Waals surface area contributed by atoms with Crippen LogP contribution in [0.25, 0.3) is 10.9 Å². The topological polar surface area (TPSA) is 30.0 Å². The van der Waals surface area contributed by atoms with Crippen molar-refractivity contribution in [3.63, 3.8) is 0 Å². The highest BCUT2D eigenvalue weighted by Gasteiger charge is 2.25. The normalized spacial score (nSPS) is 14.5. The van der Waals surface area contributed by atoms with Crippen LogP contribution in [0.2, 0.25) is 5.02 Å². The SMILES string of the molecule is O=C1CCc2c1nc1ccc(F)cc1c2Cl. The van der Waals surface area contributed by atoms with E-state index in [9.17, 15) is 9.18 Å². The zero-order chi connectivity index (χ0) is 11.3. The highest BCUT2D eigenvalue weighted by atomic mass is 35.5. The van der Waals surface area contributed by atoms with E-state index in [0.717, 1.165) is 5.56 Å². The number of benzene rings is 1. The van der Waals surface area contributed by atoms with Gasteiger partial charge in [0.25, 0.3) is 0 Å². The Hall–Kier alpha value is -1.48. The van der Waals surface area contributed by atoms with Crippen molar-refractivity contribution >= 4 is 28.3 Å². The van der Waals surface area contributed by atoms with Gasteiger partial charge in [-0.1, -0.05) is 11.6 Å². The van der Waals surface area contributed by atoms with Crippen molar-refractivity contribution in [1.82, 2.24) is 4.98 Å². The molecule has 2 aromatic rings. The molecule has 80 valence electrons. The number of fused-ring (bicyclic) bond motifs is 2. The largest absolute Gasteiger partial charge is 0.292 e. The van der Waals surface area contributed by atoms with Gasteiger partial charge in [-0.05, 0) is 24.6 Å². The van der Waals surface area contributed by atoms with Gasteiger partial charge in [0.2, 0.25) is 0 Å². The van der Waals surface area contributed by atoms with Crippen LogP contribution in [0.15, 0.2) is 18.2 Å². The van der Waals surface area contributed by atoms with Gasteiger partial charge in [-0.3, -0.25) is 4.79 Å². The molecule has 0 unspecified atom stereocenters. The van der Waals surface area contributed by atoms with Gasteiger partial charge in [0.1, 0.15) is 11.5 Å². The Bertz CT molecular complexity index is 624. The van der Waals surface area contributed by atoms with Crippen LogP contribution in [0.1, 0.15) is 22.5 Å². The van der Waals surface area contributed by atoms with Crippen molar-refractivity contribution < 1.29 is 9.18 Å². The molecule has 0 fully saturated rings. The molecule has 0 aliphatic heterocycles. The second kappa shape index (κ2) is 3.25. The van der Waals surface area contributed by atoms with Crippen molar-refractivity contribution in [1.29, 1.82) is 0 Å². The van der Waals surface area contributed by atoms with Crippen LogP contribution in [-0.2, 0) is 6.42 Å². The first-order valence-corrected chi connectivity index (χ1v) is 5.35. The van der Waals surface area contributed by atoms with E-state index in [-0.39, 0.29) is 11.6 Å². The molecule has 3 rings (SSSR count). The summed E-state index contributed by atoms with van der Waals surface area (Å²) >= 11 is 6.17. The number of nitrogens with zero attached hydrogens (tertiary/aromatic N) is 1. The fourth-order valence-electron chi connectivity index (χ4n) is 2.05. The highest BCUT2D eigenvalue weighted by Crippen LogP contribution is 2.33. The van der Waals surface area contributed by atoms with Crippen molar-refractivity contribution in [2.45, 2.75) is 12.8 Å². The Morgan fingerprint density at radius 3 is 2.94 bits per heavy atom. The molecule has 16 heavy (non-hydrogen) atoms. The smallest absolute Gasteiger partial charge is 0.181 e. The van der Waals surface area contributed by atoms with Gasteiger partial charge in [-0.15, -0.1) is 0 Å². The lowest BCUT2D eigenvalue weighted by molar-refractivity contribution is 0.0990. The molecule has 2 nitrogen and oxygen atoms in total. The van der Waals surface area contributed by atoms with Crippen molar-refractivity contribution in [3.05, 3.63) is 40.3 Å². The number of hydrogen-bond acceptors (Lipinski definition) is 2. The number of Topliss-reactive ketones (excluding diaryl/α,β-unsaturated/α-hetero) is 1. The van der Waals surface area contributed by atoms with Crippen LogP contribution in [0.4, 0.5) is 4.39 Å². The average Bonchev–Trinajstić information content (AvgIpc) is 2.63. The Labute approximate surface area is 96.1 Å². The minimum absolute atomic E-state index is 0.0168. The van der Waals surface area contributed by atoms with Crippen LogP contribution >= 0.6 is 11.6 Å². The van der Waals surface area contributed by atoms with Crippen molar-refractivity contribution in [2.24, 2.45) is 0 Å². The maximum absolute atomic E-state index is 13.1. The lowest BCUT2D eigenvalue weighted by atomic mass is 10.1. The van der Waals surface area contributed by atoms with Crippen molar-refractivity contribution in [2.75, 3.05) is 0 Å².